The van der Waals surface area contributed by atoms with E-state index < -0.39 is 11.7 Å². The van der Waals surface area contributed by atoms with Crippen LogP contribution < -0.4 is 0 Å². The van der Waals surface area contributed by atoms with Crippen LogP contribution in [0.1, 0.15) is 15.2 Å². The molecule has 1 rings (SSSR count). The number of thiophene rings is 1. The Morgan fingerprint density at radius 2 is 2.09 bits per heavy atom. The van der Waals surface area contributed by atoms with Gasteiger partial charge in [-0.15, -0.1) is 11.3 Å². The van der Waals surface area contributed by atoms with Crippen LogP contribution in [0.5, 0.6) is 0 Å². The minimum atomic E-state index is -4.41. The molecule has 1 aromatic rings. The zero-order chi connectivity index (χ0) is 8.48. The first-order valence-corrected chi connectivity index (χ1v) is 3.53. The van der Waals surface area contributed by atoms with Crippen molar-refractivity contribution < 1.29 is 18.0 Å². The maximum Gasteiger partial charge on any atom is 0.417 e. The third kappa shape index (κ3) is 1.59. The first-order chi connectivity index (χ1) is 5.05. The Labute approximate surface area is 64.5 Å². The molecule has 5 heteroatoms. The Balaban J connectivity index is 3.12. The summed E-state index contributed by atoms with van der Waals surface area (Å²) < 4.78 is 35.7. The van der Waals surface area contributed by atoms with Crippen LogP contribution in [0.2, 0.25) is 0 Å². The van der Waals surface area contributed by atoms with E-state index in [0.29, 0.717) is 0 Å². The summed E-state index contributed by atoms with van der Waals surface area (Å²) >= 11 is 0.788. The van der Waals surface area contributed by atoms with E-state index in [1.54, 1.807) is 0 Å². The van der Waals surface area contributed by atoms with Gasteiger partial charge in [0.15, 0.2) is 6.29 Å². The van der Waals surface area contributed by atoms with E-state index in [1.165, 1.54) is 5.38 Å². The highest BCUT2D eigenvalue weighted by molar-refractivity contribution is 7.11. The van der Waals surface area contributed by atoms with Crippen molar-refractivity contribution in [1.29, 1.82) is 0 Å². The van der Waals surface area contributed by atoms with E-state index >= 15 is 0 Å². The van der Waals surface area contributed by atoms with Gasteiger partial charge in [-0.3, -0.25) is 4.79 Å². The van der Waals surface area contributed by atoms with E-state index in [0.717, 1.165) is 17.4 Å². The highest BCUT2D eigenvalue weighted by Crippen LogP contribution is 2.33. The molecule has 0 fully saturated rings. The van der Waals surface area contributed by atoms with Crippen molar-refractivity contribution in [2.75, 3.05) is 0 Å². The summed E-state index contributed by atoms with van der Waals surface area (Å²) in [5.74, 6) is 0. The van der Waals surface area contributed by atoms with Crippen LogP contribution in [0.4, 0.5) is 13.2 Å². The van der Waals surface area contributed by atoms with Crippen molar-refractivity contribution in [3.63, 3.8) is 0 Å². The molecule has 1 heterocycles. The SMILES string of the molecule is O=Cc1sccc1C(F)(F)F. The van der Waals surface area contributed by atoms with Crippen LogP contribution in [-0.2, 0) is 6.18 Å². The molecule has 0 saturated heterocycles. The van der Waals surface area contributed by atoms with E-state index in [4.69, 9.17) is 0 Å². The molecule has 0 aliphatic heterocycles. The highest BCUT2D eigenvalue weighted by atomic mass is 32.1. The standard InChI is InChI=1S/C6H3F3OS/c7-6(8,9)4-1-2-11-5(4)3-10/h1-3H. The molecule has 11 heavy (non-hydrogen) atoms. The molecule has 0 aromatic carbocycles. The second-order valence-corrected chi connectivity index (χ2v) is 2.76. The van der Waals surface area contributed by atoms with Gasteiger partial charge in [0.05, 0.1) is 10.4 Å². The number of hydrogen-bond donors (Lipinski definition) is 0. The zero-order valence-corrected chi connectivity index (χ0v) is 6.00. The molecule has 0 spiro atoms. The molecular formula is C6H3F3OS. The van der Waals surface area contributed by atoms with Crippen molar-refractivity contribution in [3.8, 4) is 0 Å². The second kappa shape index (κ2) is 2.65. The quantitative estimate of drug-likeness (QED) is 0.607. The number of halogens is 3. The van der Waals surface area contributed by atoms with Crippen LogP contribution in [0.3, 0.4) is 0 Å². The molecule has 1 nitrogen and oxygen atoms in total. The van der Waals surface area contributed by atoms with Gasteiger partial charge in [0.1, 0.15) is 0 Å². The molecule has 0 amide bonds. The van der Waals surface area contributed by atoms with Gasteiger partial charge in [0.25, 0.3) is 0 Å². The van der Waals surface area contributed by atoms with Crippen LogP contribution >= 0.6 is 11.3 Å². The largest absolute Gasteiger partial charge is 0.417 e. The molecule has 1 aromatic heterocycles. The summed E-state index contributed by atoms with van der Waals surface area (Å²) in [5.41, 5.74) is -0.850. The molecule has 0 unspecified atom stereocenters. The van der Waals surface area contributed by atoms with Crippen molar-refractivity contribution >= 4 is 17.6 Å². The molecule has 0 saturated carbocycles. The minimum absolute atomic E-state index is 0.216. The lowest BCUT2D eigenvalue weighted by atomic mass is 10.2. The lowest BCUT2D eigenvalue weighted by molar-refractivity contribution is -0.137. The summed E-state index contributed by atoms with van der Waals surface area (Å²) in [6.07, 6.45) is -4.19. The Morgan fingerprint density at radius 3 is 2.45 bits per heavy atom. The Bertz CT molecular complexity index is 263. The van der Waals surface area contributed by atoms with Gasteiger partial charge in [-0.05, 0) is 11.4 Å². The number of alkyl halides is 3. The Morgan fingerprint density at radius 1 is 1.45 bits per heavy atom. The first kappa shape index (κ1) is 8.26. The molecule has 60 valence electrons. The monoisotopic (exact) mass is 180 g/mol. The fraction of sp³-hybridized carbons (Fsp3) is 0.167. The smallest absolute Gasteiger partial charge is 0.297 e. The molecule has 0 aliphatic carbocycles. The fourth-order valence-corrected chi connectivity index (χ4v) is 1.36. The Kier molecular flexibility index (Phi) is 1.99. The van der Waals surface area contributed by atoms with Crippen molar-refractivity contribution in [3.05, 3.63) is 21.9 Å². The lowest BCUT2D eigenvalue weighted by Crippen LogP contribution is -2.05. The van der Waals surface area contributed by atoms with Crippen molar-refractivity contribution in [1.82, 2.24) is 0 Å². The van der Waals surface area contributed by atoms with E-state index in [2.05, 4.69) is 0 Å². The van der Waals surface area contributed by atoms with Crippen molar-refractivity contribution in [2.45, 2.75) is 6.18 Å². The number of carbonyl (C=O) groups is 1. The third-order valence-electron chi connectivity index (χ3n) is 1.11. The number of aldehydes is 1. The van der Waals surface area contributed by atoms with Gasteiger partial charge >= 0.3 is 6.18 Å². The topological polar surface area (TPSA) is 17.1 Å². The van der Waals surface area contributed by atoms with Crippen LogP contribution in [-0.4, -0.2) is 6.29 Å². The summed E-state index contributed by atoms with van der Waals surface area (Å²) in [6.45, 7) is 0. The van der Waals surface area contributed by atoms with Gasteiger partial charge in [-0.25, -0.2) is 0 Å². The molecule has 0 radical (unpaired) electrons. The van der Waals surface area contributed by atoms with Gasteiger partial charge in [-0.1, -0.05) is 0 Å². The molecule has 0 aliphatic rings. The molecule has 0 atom stereocenters. The first-order valence-electron chi connectivity index (χ1n) is 2.65. The lowest BCUT2D eigenvalue weighted by Gasteiger charge is -2.02. The van der Waals surface area contributed by atoms with Crippen LogP contribution in [0.25, 0.3) is 0 Å². The predicted octanol–water partition coefficient (Wildman–Crippen LogP) is 2.58. The van der Waals surface area contributed by atoms with Gasteiger partial charge in [0.2, 0.25) is 0 Å². The van der Waals surface area contributed by atoms with Crippen LogP contribution in [0.15, 0.2) is 11.4 Å². The maximum absolute atomic E-state index is 11.9. The van der Waals surface area contributed by atoms with Crippen LogP contribution in [0, 0.1) is 0 Å². The third-order valence-corrected chi connectivity index (χ3v) is 1.95. The summed E-state index contributed by atoms with van der Waals surface area (Å²) in [6, 6.07) is 0.897. The van der Waals surface area contributed by atoms with E-state index in [1.807, 2.05) is 0 Å². The highest BCUT2D eigenvalue weighted by Gasteiger charge is 2.33. The van der Waals surface area contributed by atoms with Gasteiger partial charge in [-0.2, -0.15) is 13.2 Å². The summed E-state index contributed by atoms with van der Waals surface area (Å²) in [4.78, 5) is 9.78. The summed E-state index contributed by atoms with van der Waals surface area (Å²) in [7, 11) is 0. The number of carbonyl (C=O) groups excluding carboxylic acids is 1. The number of rotatable bonds is 1. The predicted molar refractivity (Wildman–Crippen MR) is 34.7 cm³/mol. The van der Waals surface area contributed by atoms with Gasteiger partial charge < -0.3 is 0 Å². The van der Waals surface area contributed by atoms with E-state index in [9.17, 15) is 18.0 Å². The van der Waals surface area contributed by atoms with E-state index in [-0.39, 0.29) is 11.2 Å². The molecular weight excluding hydrogens is 177 g/mol. The summed E-state index contributed by atoms with van der Waals surface area (Å²) in [5, 5.41) is 1.24. The average molecular weight is 180 g/mol. The van der Waals surface area contributed by atoms with Gasteiger partial charge in [0, 0.05) is 0 Å². The fourth-order valence-electron chi connectivity index (χ4n) is 0.646. The minimum Gasteiger partial charge on any atom is -0.297 e. The second-order valence-electron chi connectivity index (χ2n) is 1.81. The average Bonchev–Trinajstić information content (AvgIpc) is 2.31. The molecule has 0 bridgehead atoms. The zero-order valence-electron chi connectivity index (χ0n) is 5.18. The number of hydrogen-bond acceptors (Lipinski definition) is 2. The normalized spacial score (nSPS) is 11.5. The maximum atomic E-state index is 11.9. The molecule has 0 N–H and O–H groups in total. The van der Waals surface area contributed by atoms with Crippen molar-refractivity contribution in [2.24, 2.45) is 0 Å². The Hall–Kier alpha value is -0.840.